The van der Waals surface area contributed by atoms with Crippen LogP contribution in [0.25, 0.3) is 22.0 Å². The number of aromatic nitrogens is 2. The van der Waals surface area contributed by atoms with Gasteiger partial charge in [0.2, 0.25) is 0 Å². The highest BCUT2D eigenvalue weighted by Crippen LogP contribution is 2.39. The van der Waals surface area contributed by atoms with Crippen LogP contribution >= 0.6 is 0 Å². The van der Waals surface area contributed by atoms with Crippen LogP contribution in [0.3, 0.4) is 0 Å². The molecule has 1 aliphatic rings. The van der Waals surface area contributed by atoms with Gasteiger partial charge in [-0.15, -0.1) is 10.2 Å². The molecule has 1 heterocycles. The zero-order chi connectivity index (χ0) is 20.1. The van der Waals surface area contributed by atoms with Crippen molar-refractivity contribution < 1.29 is 23.4 Å². The SMILES string of the molecule is C[C@]1(O)C[C@@H](Nc2nnc(-c3ccc(C(F)(F)F)cc3O)c3ccccc23)C1. The minimum atomic E-state index is -4.54. The smallest absolute Gasteiger partial charge is 0.416 e. The fraction of sp³-hybridized carbons (Fsp3) is 0.300. The summed E-state index contributed by atoms with van der Waals surface area (Å²) in [5, 5.41) is 33.1. The molecule has 4 rings (SSSR count). The van der Waals surface area contributed by atoms with E-state index in [0.29, 0.717) is 35.8 Å². The number of halogens is 3. The van der Waals surface area contributed by atoms with Crippen molar-refractivity contribution in [3.8, 4) is 17.0 Å². The first-order valence-electron chi connectivity index (χ1n) is 8.79. The molecule has 1 saturated carbocycles. The molecule has 1 fully saturated rings. The maximum atomic E-state index is 12.9. The van der Waals surface area contributed by atoms with Crippen molar-refractivity contribution in [3.63, 3.8) is 0 Å². The molecular weight excluding hydrogens is 371 g/mol. The lowest BCUT2D eigenvalue weighted by Crippen LogP contribution is -2.48. The van der Waals surface area contributed by atoms with Crippen LogP contribution < -0.4 is 5.32 Å². The number of alkyl halides is 3. The third-order valence-electron chi connectivity index (χ3n) is 4.98. The third kappa shape index (κ3) is 3.35. The summed E-state index contributed by atoms with van der Waals surface area (Å²) in [6.07, 6.45) is -3.36. The van der Waals surface area contributed by atoms with E-state index in [2.05, 4.69) is 15.5 Å². The Morgan fingerprint density at radius 1 is 1.07 bits per heavy atom. The van der Waals surface area contributed by atoms with E-state index < -0.39 is 23.1 Å². The Morgan fingerprint density at radius 3 is 2.36 bits per heavy atom. The number of rotatable bonds is 3. The number of nitrogens with one attached hydrogen (secondary N) is 1. The van der Waals surface area contributed by atoms with Crippen LogP contribution in [0.2, 0.25) is 0 Å². The van der Waals surface area contributed by atoms with Gasteiger partial charge in [-0.3, -0.25) is 0 Å². The number of nitrogens with zero attached hydrogens (tertiary/aromatic N) is 2. The molecule has 0 aliphatic heterocycles. The number of aromatic hydroxyl groups is 1. The number of phenols is 1. The Morgan fingerprint density at radius 2 is 1.75 bits per heavy atom. The summed E-state index contributed by atoms with van der Waals surface area (Å²) in [7, 11) is 0. The lowest BCUT2D eigenvalue weighted by molar-refractivity contribution is -0.137. The average Bonchev–Trinajstić information content (AvgIpc) is 2.60. The lowest BCUT2D eigenvalue weighted by Gasteiger charge is -2.41. The summed E-state index contributed by atoms with van der Waals surface area (Å²) in [6.45, 7) is 1.77. The van der Waals surface area contributed by atoms with E-state index >= 15 is 0 Å². The van der Waals surface area contributed by atoms with E-state index in [-0.39, 0.29) is 11.6 Å². The van der Waals surface area contributed by atoms with Crippen molar-refractivity contribution in [3.05, 3.63) is 48.0 Å². The minimum absolute atomic E-state index is 0.0676. The molecule has 3 aromatic rings. The van der Waals surface area contributed by atoms with Crippen LogP contribution in [0.5, 0.6) is 5.75 Å². The highest BCUT2D eigenvalue weighted by atomic mass is 19.4. The van der Waals surface area contributed by atoms with Gasteiger partial charge in [0.05, 0.1) is 11.2 Å². The summed E-state index contributed by atoms with van der Waals surface area (Å²) in [5.74, 6) is 0.0243. The Labute approximate surface area is 158 Å². The fourth-order valence-corrected chi connectivity index (χ4v) is 3.61. The molecule has 0 atom stereocenters. The molecule has 8 heteroatoms. The standard InChI is InChI=1S/C20H18F3N3O2/c1-19(28)9-12(10-19)24-18-14-5-3-2-4-13(14)17(25-26-18)15-7-6-11(8-16(15)27)20(21,22)23/h2-8,12,27-28H,9-10H2,1H3,(H,24,26)/t12-,19+. The van der Waals surface area contributed by atoms with Crippen LogP contribution in [-0.4, -0.2) is 32.1 Å². The third-order valence-corrected chi connectivity index (χ3v) is 4.98. The zero-order valence-electron chi connectivity index (χ0n) is 15.0. The van der Waals surface area contributed by atoms with Gasteiger partial charge in [0.15, 0.2) is 5.82 Å². The molecule has 0 bridgehead atoms. The van der Waals surface area contributed by atoms with Crippen LogP contribution in [0.4, 0.5) is 19.0 Å². The van der Waals surface area contributed by atoms with Crippen LogP contribution in [-0.2, 0) is 6.18 Å². The van der Waals surface area contributed by atoms with Crippen LogP contribution in [0.15, 0.2) is 42.5 Å². The molecule has 0 radical (unpaired) electrons. The highest BCUT2D eigenvalue weighted by Gasteiger charge is 2.38. The largest absolute Gasteiger partial charge is 0.507 e. The van der Waals surface area contributed by atoms with Crippen LogP contribution in [0.1, 0.15) is 25.3 Å². The molecule has 146 valence electrons. The summed E-state index contributed by atoms with van der Waals surface area (Å²) >= 11 is 0. The maximum Gasteiger partial charge on any atom is 0.416 e. The van der Waals surface area contributed by atoms with Crippen molar-refractivity contribution in [2.45, 2.75) is 37.6 Å². The number of benzene rings is 2. The van der Waals surface area contributed by atoms with Gasteiger partial charge in [0.1, 0.15) is 11.4 Å². The van der Waals surface area contributed by atoms with Gasteiger partial charge in [0, 0.05) is 22.4 Å². The van der Waals surface area contributed by atoms with Crippen molar-refractivity contribution in [2.24, 2.45) is 0 Å². The van der Waals surface area contributed by atoms with Gasteiger partial charge in [-0.25, -0.2) is 0 Å². The molecule has 2 aromatic carbocycles. The highest BCUT2D eigenvalue weighted by molar-refractivity contribution is 6.00. The van der Waals surface area contributed by atoms with Crippen molar-refractivity contribution in [1.82, 2.24) is 10.2 Å². The van der Waals surface area contributed by atoms with Crippen molar-refractivity contribution >= 4 is 16.6 Å². The van der Waals surface area contributed by atoms with Gasteiger partial charge in [-0.05, 0) is 38.0 Å². The van der Waals surface area contributed by atoms with Crippen molar-refractivity contribution in [2.75, 3.05) is 5.32 Å². The normalized spacial score (nSPS) is 22.1. The van der Waals surface area contributed by atoms with E-state index in [4.69, 9.17) is 0 Å². The van der Waals surface area contributed by atoms with Gasteiger partial charge >= 0.3 is 6.18 Å². The Balaban J connectivity index is 1.74. The van der Waals surface area contributed by atoms with E-state index in [9.17, 15) is 23.4 Å². The lowest BCUT2D eigenvalue weighted by atomic mass is 9.77. The summed E-state index contributed by atoms with van der Waals surface area (Å²) in [4.78, 5) is 0. The first kappa shape index (κ1) is 18.5. The predicted molar refractivity (Wildman–Crippen MR) is 98.9 cm³/mol. The van der Waals surface area contributed by atoms with Gasteiger partial charge in [-0.2, -0.15) is 13.2 Å². The molecule has 1 aliphatic carbocycles. The van der Waals surface area contributed by atoms with Gasteiger partial charge in [-0.1, -0.05) is 24.3 Å². The zero-order valence-corrected chi connectivity index (χ0v) is 15.0. The Hall–Kier alpha value is -2.87. The second-order valence-electron chi connectivity index (χ2n) is 7.42. The monoisotopic (exact) mass is 389 g/mol. The van der Waals surface area contributed by atoms with Gasteiger partial charge < -0.3 is 15.5 Å². The molecule has 1 aromatic heterocycles. The molecule has 0 unspecified atom stereocenters. The minimum Gasteiger partial charge on any atom is -0.507 e. The number of fused-ring (bicyclic) bond motifs is 1. The van der Waals surface area contributed by atoms with E-state index in [1.807, 2.05) is 12.1 Å². The van der Waals surface area contributed by atoms with E-state index in [1.54, 1.807) is 19.1 Å². The molecule has 0 spiro atoms. The second kappa shape index (κ2) is 6.34. The number of hydrogen-bond donors (Lipinski definition) is 3. The van der Waals surface area contributed by atoms with Crippen LogP contribution in [0, 0.1) is 0 Å². The fourth-order valence-electron chi connectivity index (χ4n) is 3.61. The Bertz CT molecular complexity index is 1040. The summed E-state index contributed by atoms with van der Waals surface area (Å²) < 4.78 is 38.6. The summed E-state index contributed by atoms with van der Waals surface area (Å²) in [5.41, 5.74) is -1.14. The number of aliphatic hydroxyl groups is 1. The summed E-state index contributed by atoms with van der Waals surface area (Å²) in [6, 6.07) is 10.1. The van der Waals surface area contributed by atoms with Crippen molar-refractivity contribution in [1.29, 1.82) is 0 Å². The topological polar surface area (TPSA) is 78.3 Å². The van der Waals surface area contributed by atoms with E-state index in [0.717, 1.165) is 11.5 Å². The number of anilines is 1. The van der Waals surface area contributed by atoms with Gasteiger partial charge in [0.25, 0.3) is 0 Å². The first-order valence-corrected chi connectivity index (χ1v) is 8.79. The average molecular weight is 389 g/mol. The molecule has 28 heavy (non-hydrogen) atoms. The molecular formula is C20H18F3N3O2. The van der Waals surface area contributed by atoms with E-state index in [1.165, 1.54) is 6.07 Å². The number of hydrogen-bond acceptors (Lipinski definition) is 5. The quantitative estimate of drug-likeness (QED) is 0.621. The second-order valence-corrected chi connectivity index (χ2v) is 7.42. The predicted octanol–water partition coefficient (Wildman–Crippen LogP) is 4.35. The molecule has 0 amide bonds. The first-order chi connectivity index (χ1) is 13.1. The Kier molecular flexibility index (Phi) is 4.19. The molecule has 0 saturated heterocycles. The maximum absolute atomic E-state index is 12.9. The molecule has 3 N–H and O–H groups in total. The molecule has 5 nitrogen and oxygen atoms in total. The number of phenolic OH excluding ortho intramolecular Hbond substituents is 1.